The maximum Gasteiger partial charge on any atom is 0.407 e. The minimum absolute atomic E-state index is 0.0137. The lowest BCUT2D eigenvalue weighted by atomic mass is 9.91. The number of carbonyl (C=O) groups excluding carboxylic acids is 2. The van der Waals surface area contributed by atoms with E-state index in [0.717, 1.165) is 22.3 Å². The number of hydrogen-bond donors (Lipinski definition) is 3. The Bertz CT molecular complexity index is 1060. The van der Waals surface area contributed by atoms with E-state index in [9.17, 15) is 19.5 Å². The van der Waals surface area contributed by atoms with Crippen molar-refractivity contribution in [2.24, 2.45) is 5.92 Å². The molecule has 3 N–H and O–H groups in total. The number of nitrogens with one attached hydrogen (secondary N) is 1. The molecule has 0 bridgehead atoms. The first-order chi connectivity index (χ1) is 16.7. The van der Waals surface area contributed by atoms with Crippen molar-refractivity contribution in [1.82, 2.24) is 10.2 Å². The van der Waals surface area contributed by atoms with Crippen LogP contribution in [0.2, 0.25) is 0 Å². The number of aliphatic hydroxyl groups is 1. The number of benzene rings is 2. The zero-order valence-corrected chi connectivity index (χ0v) is 20.1. The molecule has 1 atom stereocenters. The summed E-state index contributed by atoms with van der Waals surface area (Å²) in [4.78, 5) is 38.3. The molecular formula is C27H32N2O6. The van der Waals surface area contributed by atoms with Gasteiger partial charge in [0.05, 0.1) is 0 Å². The van der Waals surface area contributed by atoms with Crippen LogP contribution in [0.15, 0.2) is 48.5 Å². The minimum atomic E-state index is -1.78. The Kier molecular flexibility index (Phi) is 7.12. The first kappa shape index (κ1) is 24.7. The van der Waals surface area contributed by atoms with E-state index < -0.39 is 23.7 Å². The summed E-state index contributed by atoms with van der Waals surface area (Å²) in [5.41, 5.74) is 2.78. The summed E-state index contributed by atoms with van der Waals surface area (Å²) in [5.74, 6) is -1.51. The largest absolute Gasteiger partial charge is 0.479 e. The number of hydrogen-bond acceptors (Lipinski definition) is 5. The number of nitrogens with zero attached hydrogens (tertiary/aromatic N) is 1. The zero-order chi connectivity index (χ0) is 25.2. The standard InChI is InChI=1S/C27H32N2O6/c1-17(2)23(15-24(30)29-13-11-27(34,12-14-29)25(31)32)28-26(33)35-16-22-20-9-5-3-7-18(20)19-8-4-6-10-21(19)22/h3-10,17,22-23,34H,11-16H2,1-2H3,(H,28,33)(H,31,32)/t23-/m1/s1. The Hall–Kier alpha value is -3.39. The molecule has 8 nitrogen and oxygen atoms in total. The van der Waals surface area contributed by atoms with Crippen molar-refractivity contribution in [2.45, 2.75) is 50.7 Å². The molecule has 2 amide bonds. The maximum atomic E-state index is 12.8. The molecule has 2 aliphatic rings. The molecule has 0 unspecified atom stereocenters. The van der Waals surface area contributed by atoms with Gasteiger partial charge in [0.15, 0.2) is 5.60 Å². The number of aliphatic carboxylic acids is 1. The van der Waals surface area contributed by atoms with Crippen molar-refractivity contribution >= 4 is 18.0 Å². The van der Waals surface area contributed by atoms with E-state index in [0.29, 0.717) is 0 Å². The highest BCUT2D eigenvalue weighted by Crippen LogP contribution is 2.44. The Balaban J connectivity index is 1.34. The Morgan fingerprint density at radius 3 is 2.09 bits per heavy atom. The lowest BCUT2D eigenvalue weighted by Crippen LogP contribution is -2.52. The van der Waals surface area contributed by atoms with E-state index in [2.05, 4.69) is 29.6 Å². The third-order valence-corrected chi connectivity index (χ3v) is 7.19. The molecule has 8 heteroatoms. The van der Waals surface area contributed by atoms with Crippen molar-refractivity contribution in [1.29, 1.82) is 0 Å². The van der Waals surface area contributed by atoms with Crippen LogP contribution in [0, 0.1) is 5.92 Å². The van der Waals surface area contributed by atoms with Crippen LogP contribution < -0.4 is 5.32 Å². The molecule has 2 aromatic carbocycles. The number of carbonyl (C=O) groups is 3. The van der Waals surface area contributed by atoms with Crippen molar-refractivity contribution in [3.8, 4) is 11.1 Å². The number of alkyl carbamates (subject to hydrolysis) is 1. The molecular weight excluding hydrogens is 448 g/mol. The predicted molar refractivity (Wildman–Crippen MR) is 130 cm³/mol. The van der Waals surface area contributed by atoms with Gasteiger partial charge in [-0.3, -0.25) is 4.79 Å². The fourth-order valence-corrected chi connectivity index (χ4v) is 4.90. The quantitative estimate of drug-likeness (QED) is 0.560. The number of amides is 2. The molecule has 2 aromatic rings. The first-order valence-corrected chi connectivity index (χ1v) is 12.0. The third-order valence-electron chi connectivity index (χ3n) is 7.19. The molecule has 1 aliphatic carbocycles. The average Bonchev–Trinajstić information content (AvgIpc) is 3.16. The van der Waals surface area contributed by atoms with Gasteiger partial charge in [-0.05, 0) is 28.2 Å². The van der Waals surface area contributed by atoms with E-state index in [1.165, 1.54) is 0 Å². The molecule has 0 spiro atoms. The fourth-order valence-electron chi connectivity index (χ4n) is 4.90. The molecule has 1 aliphatic heterocycles. The van der Waals surface area contributed by atoms with E-state index in [1.807, 2.05) is 38.1 Å². The third kappa shape index (κ3) is 5.17. The highest BCUT2D eigenvalue weighted by Gasteiger charge is 2.40. The molecule has 1 fully saturated rings. The average molecular weight is 481 g/mol. The number of likely N-dealkylation sites (tertiary alicyclic amines) is 1. The summed E-state index contributed by atoms with van der Waals surface area (Å²) in [5, 5.41) is 22.1. The van der Waals surface area contributed by atoms with Gasteiger partial charge >= 0.3 is 12.1 Å². The molecule has 1 saturated heterocycles. The van der Waals surface area contributed by atoms with E-state index in [-0.39, 0.29) is 56.7 Å². The van der Waals surface area contributed by atoms with Crippen LogP contribution in [0.1, 0.15) is 50.2 Å². The van der Waals surface area contributed by atoms with Gasteiger partial charge in [-0.25, -0.2) is 9.59 Å². The van der Waals surface area contributed by atoms with Crippen LogP contribution in [-0.2, 0) is 14.3 Å². The number of rotatable bonds is 7. The summed E-state index contributed by atoms with van der Waals surface area (Å²) >= 11 is 0. The smallest absolute Gasteiger partial charge is 0.407 e. The van der Waals surface area contributed by atoms with Crippen LogP contribution >= 0.6 is 0 Å². The van der Waals surface area contributed by atoms with Crippen molar-refractivity contribution in [2.75, 3.05) is 19.7 Å². The summed E-state index contributed by atoms with van der Waals surface area (Å²) in [7, 11) is 0. The molecule has 186 valence electrons. The second kappa shape index (κ2) is 10.1. The van der Waals surface area contributed by atoms with Crippen LogP contribution in [0.4, 0.5) is 4.79 Å². The molecule has 1 heterocycles. The number of carboxylic acid groups (broad SMARTS) is 1. The van der Waals surface area contributed by atoms with Gasteiger partial charge in [-0.15, -0.1) is 0 Å². The monoisotopic (exact) mass is 480 g/mol. The summed E-state index contributed by atoms with van der Waals surface area (Å²) in [6, 6.07) is 15.8. The summed E-state index contributed by atoms with van der Waals surface area (Å²) in [6.45, 7) is 4.36. The number of carboxylic acids is 1. The highest BCUT2D eigenvalue weighted by molar-refractivity contribution is 5.81. The maximum absolute atomic E-state index is 12.8. The Labute approximate surface area is 204 Å². The summed E-state index contributed by atoms with van der Waals surface area (Å²) < 4.78 is 5.63. The van der Waals surface area contributed by atoms with E-state index in [4.69, 9.17) is 9.84 Å². The van der Waals surface area contributed by atoms with Gasteiger partial charge in [-0.1, -0.05) is 62.4 Å². The molecule has 35 heavy (non-hydrogen) atoms. The van der Waals surface area contributed by atoms with Crippen molar-refractivity contribution < 1.29 is 29.3 Å². The summed E-state index contributed by atoms with van der Waals surface area (Å²) in [6.07, 6.45) is -0.523. The van der Waals surface area contributed by atoms with Gasteiger partial charge in [0, 0.05) is 44.3 Å². The first-order valence-electron chi connectivity index (χ1n) is 12.0. The lowest BCUT2D eigenvalue weighted by molar-refractivity contribution is -0.165. The highest BCUT2D eigenvalue weighted by atomic mass is 16.5. The van der Waals surface area contributed by atoms with Gasteiger partial charge in [0.2, 0.25) is 5.91 Å². The SMILES string of the molecule is CC(C)[C@@H](CC(=O)N1CCC(O)(C(=O)O)CC1)NC(=O)OCC1c2ccccc2-c2ccccc21. The van der Waals surface area contributed by atoms with Gasteiger partial charge in [0.25, 0.3) is 0 Å². The van der Waals surface area contributed by atoms with Crippen LogP contribution in [0.25, 0.3) is 11.1 Å². The fraction of sp³-hybridized carbons (Fsp3) is 0.444. The minimum Gasteiger partial charge on any atom is -0.479 e. The second-order valence-corrected chi connectivity index (χ2v) is 9.74. The normalized spacial score (nSPS) is 17.4. The zero-order valence-electron chi connectivity index (χ0n) is 20.1. The molecule has 0 radical (unpaired) electrons. The lowest BCUT2D eigenvalue weighted by Gasteiger charge is -2.36. The predicted octanol–water partition coefficient (Wildman–Crippen LogP) is 3.38. The topological polar surface area (TPSA) is 116 Å². The van der Waals surface area contributed by atoms with Crippen LogP contribution in [-0.4, -0.2) is 64.4 Å². The molecule has 4 rings (SSSR count). The Morgan fingerprint density at radius 1 is 1.03 bits per heavy atom. The number of piperidine rings is 1. The van der Waals surface area contributed by atoms with E-state index in [1.54, 1.807) is 4.90 Å². The van der Waals surface area contributed by atoms with Crippen LogP contribution in [0.5, 0.6) is 0 Å². The van der Waals surface area contributed by atoms with Crippen LogP contribution in [0.3, 0.4) is 0 Å². The molecule has 0 aromatic heterocycles. The van der Waals surface area contributed by atoms with Gasteiger partial charge < -0.3 is 25.2 Å². The van der Waals surface area contributed by atoms with Gasteiger partial charge in [0.1, 0.15) is 6.61 Å². The number of fused-ring (bicyclic) bond motifs is 3. The molecule has 0 saturated carbocycles. The number of ether oxygens (including phenoxy) is 1. The Morgan fingerprint density at radius 2 is 1.57 bits per heavy atom. The van der Waals surface area contributed by atoms with E-state index >= 15 is 0 Å². The van der Waals surface area contributed by atoms with Crippen molar-refractivity contribution in [3.05, 3.63) is 59.7 Å². The van der Waals surface area contributed by atoms with Crippen molar-refractivity contribution in [3.63, 3.8) is 0 Å². The van der Waals surface area contributed by atoms with Gasteiger partial charge in [-0.2, -0.15) is 0 Å². The second-order valence-electron chi connectivity index (χ2n) is 9.74.